The van der Waals surface area contributed by atoms with E-state index in [2.05, 4.69) is 11.9 Å². The smallest absolute Gasteiger partial charge is 0.251 e. The van der Waals surface area contributed by atoms with E-state index in [0.29, 0.717) is 13.2 Å². The summed E-state index contributed by atoms with van der Waals surface area (Å²) in [6, 6.07) is 9.87. The highest BCUT2D eigenvalue weighted by molar-refractivity contribution is 7.09. The molecule has 2 rings (SSSR count). The van der Waals surface area contributed by atoms with Crippen LogP contribution in [0.2, 0.25) is 0 Å². The Labute approximate surface area is 135 Å². The maximum atomic E-state index is 12.3. The summed E-state index contributed by atoms with van der Waals surface area (Å²) in [5, 5.41) is 3.11. The van der Waals surface area contributed by atoms with Crippen molar-refractivity contribution in [1.82, 2.24) is 9.88 Å². The number of nitrogens with zero attached hydrogens (tertiary/aromatic N) is 2. The summed E-state index contributed by atoms with van der Waals surface area (Å²) in [5.74, 6) is -0.0259. The summed E-state index contributed by atoms with van der Waals surface area (Å²) < 4.78 is 5.67. The van der Waals surface area contributed by atoms with E-state index in [4.69, 9.17) is 4.74 Å². The van der Waals surface area contributed by atoms with Gasteiger partial charge in [-0.2, -0.15) is 0 Å². The summed E-state index contributed by atoms with van der Waals surface area (Å²) in [5.41, 5.74) is 2.00. The minimum atomic E-state index is -0.463. The van der Waals surface area contributed by atoms with Gasteiger partial charge in [0, 0.05) is 12.4 Å². The summed E-state index contributed by atoms with van der Waals surface area (Å²) in [7, 11) is 1.79. The van der Waals surface area contributed by atoms with Crippen LogP contribution in [0.15, 0.2) is 35.7 Å². The Morgan fingerprint density at radius 1 is 1.36 bits per heavy atom. The highest BCUT2D eigenvalue weighted by atomic mass is 32.1. The Kier molecular flexibility index (Phi) is 6.10. The van der Waals surface area contributed by atoms with E-state index >= 15 is 0 Å². The molecule has 0 aliphatic rings. The van der Waals surface area contributed by atoms with Crippen LogP contribution in [0.1, 0.15) is 30.1 Å². The van der Waals surface area contributed by atoms with Crippen molar-refractivity contribution in [3.63, 3.8) is 0 Å². The number of aryl methyl sites for hydroxylation is 1. The van der Waals surface area contributed by atoms with Crippen molar-refractivity contribution >= 4 is 17.2 Å². The first-order valence-electron chi connectivity index (χ1n) is 7.44. The first-order valence-corrected chi connectivity index (χ1v) is 8.32. The Morgan fingerprint density at radius 2 is 2.09 bits per heavy atom. The molecule has 5 heteroatoms. The second-order valence-electron chi connectivity index (χ2n) is 5.22. The molecular weight excluding hydrogens is 296 g/mol. The number of carbonyl (C=O) groups is 1. The van der Waals surface area contributed by atoms with Gasteiger partial charge in [0.1, 0.15) is 6.10 Å². The van der Waals surface area contributed by atoms with Gasteiger partial charge in [0.15, 0.2) is 0 Å². The van der Waals surface area contributed by atoms with E-state index < -0.39 is 6.10 Å². The van der Waals surface area contributed by atoms with Gasteiger partial charge in [0.2, 0.25) is 0 Å². The number of hydrogen-bond acceptors (Lipinski definition) is 4. The predicted octanol–water partition coefficient (Wildman–Crippen LogP) is 3.27. The Morgan fingerprint density at radius 3 is 2.73 bits per heavy atom. The number of likely N-dealkylation sites (N-methyl/N-ethyl adjacent to an activating group) is 1. The van der Waals surface area contributed by atoms with Crippen LogP contribution in [-0.2, 0) is 29.1 Å². The molecule has 1 heterocycles. The number of hydrogen-bond donors (Lipinski definition) is 0. The first-order chi connectivity index (χ1) is 10.6. The Bertz CT molecular complexity index is 598. The van der Waals surface area contributed by atoms with Gasteiger partial charge < -0.3 is 9.64 Å². The highest BCUT2D eigenvalue weighted by Gasteiger charge is 2.19. The predicted molar refractivity (Wildman–Crippen MR) is 88.7 cm³/mol. The molecule has 0 N–H and O–H groups in total. The van der Waals surface area contributed by atoms with E-state index in [0.717, 1.165) is 22.7 Å². The molecule has 0 saturated carbocycles. The van der Waals surface area contributed by atoms with Gasteiger partial charge in [0.05, 0.1) is 23.9 Å². The SMILES string of the molecule is CCc1nc(CN(C)C(=O)[C@@H](C)OCc2ccccc2)cs1. The lowest BCUT2D eigenvalue weighted by Gasteiger charge is -2.21. The van der Waals surface area contributed by atoms with Gasteiger partial charge in [-0.15, -0.1) is 11.3 Å². The highest BCUT2D eigenvalue weighted by Crippen LogP contribution is 2.13. The molecule has 0 radical (unpaired) electrons. The number of carbonyl (C=O) groups excluding carboxylic acids is 1. The van der Waals surface area contributed by atoms with Gasteiger partial charge in [-0.1, -0.05) is 37.3 Å². The standard InChI is InChI=1S/C17H22N2O2S/c1-4-16-18-15(12-22-16)10-19(3)17(20)13(2)21-11-14-8-6-5-7-9-14/h5-9,12-13H,4,10-11H2,1-3H3/t13-/m1/s1. The molecule has 0 aliphatic carbocycles. The average Bonchev–Trinajstić information content (AvgIpc) is 3.00. The van der Waals surface area contributed by atoms with Crippen LogP contribution in [0.3, 0.4) is 0 Å². The molecule has 118 valence electrons. The maximum absolute atomic E-state index is 12.3. The number of benzene rings is 1. The minimum Gasteiger partial charge on any atom is -0.364 e. The second-order valence-corrected chi connectivity index (χ2v) is 6.16. The van der Waals surface area contributed by atoms with Crippen molar-refractivity contribution in [2.75, 3.05) is 7.05 Å². The van der Waals surface area contributed by atoms with Crippen LogP contribution in [0.4, 0.5) is 0 Å². The van der Waals surface area contributed by atoms with Crippen molar-refractivity contribution in [2.45, 2.75) is 39.5 Å². The molecule has 1 aromatic carbocycles. The molecule has 0 aliphatic heterocycles. The molecule has 0 bridgehead atoms. The monoisotopic (exact) mass is 318 g/mol. The van der Waals surface area contributed by atoms with Gasteiger partial charge in [-0.05, 0) is 18.9 Å². The third kappa shape index (κ3) is 4.64. The Hall–Kier alpha value is -1.72. The number of amides is 1. The molecule has 2 aromatic rings. The lowest BCUT2D eigenvalue weighted by molar-refractivity contribution is -0.142. The van der Waals surface area contributed by atoms with Crippen LogP contribution < -0.4 is 0 Å². The van der Waals surface area contributed by atoms with Gasteiger partial charge in [-0.3, -0.25) is 4.79 Å². The maximum Gasteiger partial charge on any atom is 0.251 e. The molecule has 0 spiro atoms. The largest absolute Gasteiger partial charge is 0.364 e. The molecule has 1 amide bonds. The summed E-state index contributed by atoms with van der Waals surface area (Å²) in [4.78, 5) is 18.5. The van der Waals surface area contributed by atoms with E-state index in [1.807, 2.05) is 35.7 Å². The van der Waals surface area contributed by atoms with Crippen molar-refractivity contribution in [2.24, 2.45) is 0 Å². The number of thiazole rings is 1. The van der Waals surface area contributed by atoms with Gasteiger partial charge in [0.25, 0.3) is 5.91 Å². The van der Waals surface area contributed by atoms with Gasteiger partial charge >= 0.3 is 0 Å². The van der Waals surface area contributed by atoms with Crippen LogP contribution >= 0.6 is 11.3 Å². The van der Waals surface area contributed by atoms with Crippen LogP contribution in [0.5, 0.6) is 0 Å². The third-order valence-electron chi connectivity index (χ3n) is 3.37. The zero-order valence-electron chi connectivity index (χ0n) is 13.3. The number of ether oxygens (including phenoxy) is 1. The number of aromatic nitrogens is 1. The lowest BCUT2D eigenvalue weighted by Crippen LogP contribution is -2.35. The molecule has 0 fully saturated rings. The molecular formula is C17H22N2O2S. The molecule has 1 atom stereocenters. The third-order valence-corrected chi connectivity index (χ3v) is 4.41. The molecule has 4 nitrogen and oxygen atoms in total. The quantitative estimate of drug-likeness (QED) is 0.787. The van der Waals surface area contributed by atoms with Crippen molar-refractivity contribution in [3.8, 4) is 0 Å². The second kappa shape index (κ2) is 8.06. The Balaban J connectivity index is 1.83. The van der Waals surface area contributed by atoms with E-state index in [1.165, 1.54) is 0 Å². The zero-order chi connectivity index (χ0) is 15.9. The summed E-state index contributed by atoms with van der Waals surface area (Å²) in [6.45, 7) is 4.84. The van der Waals surface area contributed by atoms with E-state index in [1.54, 1.807) is 30.2 Å². The molecule has 0 saturated heterocycles. The average molecular weight is 318 g/mol. The first kappa shape index (κ1) is 16.6. The van der Waals surface area contributed by atoms with Crippen molar-refractivity contribution in [3.05, 3.63) is 52.0 Å². The fourth-order valence-electron chi connectivity index (χ4n) is 2.08. The summed E-state index contributed by atoms with van der Waals surface area (Å²) >= 11 is 1.64. The molecule has 0 unspecified atom stereocenters. The lowest BCUT2D eigenvalue weighted by atomic mass is 10.2. The van der Waals surface area contributed by atoms with Crippen LogP contribution in [-0.4, -0.2) is 28.9 Å². The molecule has 22 heavy (non-hydrogen) atoms. The minimum absolute atomic E-state index is 0.0259. The normalized spacial score (nSPS) is 12.1. The summed E-state index contributed by atoms with van der Waals surface area (Å²) in [6.07, 6.45) is 0.466. The molecule has 1 aromatic heterocycles. The zero-order valence-corrected chi connectivity index (χ0v) is 14.1. The topological polar surface area (TPSA) is 42.4 Å². The van der Waals surface area contributed by atoms with Crippen molar-refractivity contribution < 1.29 is 9.53 Å². The number of rotatable bonds is 7. The van der Waals surface area contributed by atoms with Crippen molar-refractivity contribution in [1.29, 1.82) is 0 Å². The van der Waals surface area contributed by atoms with Gasteiger partial charge in [-0.25, -0.2) is 4.98 Å². The van der Waals surface area contributed by atoms with Crippen LogP contribution in [0.25, 0.3) is 0 Å². The van der Waals surface area contributed by atoms with E-state index in [-0.39, 0.29) is 5.91 Å². The van der Waals surface area contributed by atoms with E-state index in [9.17, 15) is 4.79 Å². The fourth-order valence-corrected chi connectivity index (χ4v) is 2.82. The fraction of sp³-hybridized carbons (Fsp3) is 0.412. The van der Waals surface area contributed by atoms with Crippen LogP contribution in [0, 0.1) is 0 Å².